The van der Waals surface area contributed by atoms with E-state index in [0.717, 1.165) is 42.7 Å². The third kappa shape index (κ3) is 2.90. The highest BCUT2D eigenvalue weighted by Gasteiger charge is 2.21. The van der Waals surface area contributed by atoms with Crippen LogP contribution in [0.4, 0.5) is 5.69 Å². The number of nitrogens with one attached hydrogen (secondary N) is 2. The Morgan fingerprint density at radius 1 is 1.48 bits per heavy atom. The lowest BCUT2D eigenvalue weighted by Gasteiger charge is -2.21. The minimum atomic E-state index is 0.0489. The zero-order chi connectivity index (χ0) is 14.8. The Morgan fingerprint density at radius 2 is 2.33 bits per heavy atom. The van der Waals surface area contributed by atoms with Gasteiger partial charge >= 0.3 is 0 Å². The van der Waals surface area contributed by atoms with E-state index in [-0.39, 0.29) is 17.9 Å². The van der Waals surface area contributed by atoms with Crippen LogP contribution in [0.2, 0.25) is 0 Å². The third-order valence-electron chi connectivity index (χ3n) is 3.86. The van der Waals surface area contributed by atoms with E-state index < -0.39 is 0 Å². The molecule has 0 bridgehead atoms. The topological polar surface area (TPSA) is 71.8 Å². The molecule has 6 heteroatoms. The number of aromatic nitrogens is 3. The Hall–Kier alpha value is -1.95. The molecule has 3 rings (SSSR count). The van der Waals surface area contributed by atoms with E-state index in [0.29, 0.717) is 0 Å². The number of rotatable bonds is 3. The first-order chi connectivity index (χ1) is 10.1. The van der Waals surface area contributed by atoms with Crippen molar-refractivity contribution < 1.29 is 4.79 Å². The van der Waals surface area contributed by atoms with Crippen molar-refractivity contribution in [3.8, 4) is 0 Å². The average molecular weight is 287 g/mol. The van der Waals surface area contributed by atoms with Crippen molar-refractivity contribution in [3.63, 3.8) is 0 Å². The molecule has 2 N–H and O–H groups in total. The van der Waals surface area contributed by atoms with Crippen LogP contribution < -0.4 is 10.6 Å². The molecule has 0 radical (unpaired) electrons. The van der Waals surface area contributed by atoms with E-state index in [2.05, 4.69) is 34.6 Å². The molecule has 3 heterocycles. The minimum Gasteiger partial charge on any atom is -0.324 e. The molecule has 0 aliphatic carbocycles. The van der Waals surface area contributed by atoms with Gasteiger partial charge in [0.05, 0.1) is 24.0 Å². The van der Waals surface area contributed by atoms with E-state index in [1.54, 1.807) is 12.4 Å². The van der Waals surface area contributed by atoms with Crippen LogP contribution in [-0.2, 0) is 4.79 Å². The zero-order valence-electron chi connectivity index (χ0n) is 12.5. The SMILES string of the molecule is CC(C)n1ncc2cc(NC(=O)[C@H]3CCCNC3)cnc21. The van der Waals surface area contributed by atoms with Gasteiger partial charge < -0.3 is 10.6 Å². The molecule has 21 heavy (non-hydrogen) atoms. The van der Waals surface area contributed by atoms with E-state index in [4.69, 9.17) is 0 Å². The van der Waals surface area contributed by atoms with E-state index in [9.17, 15) is 4.79 Å². The molecule has 1 amide bonds. The maximum Gasteiger partial charge on any atom is 0.228 e. The number of amides is 1. The Bertz CT molecular complexity index is 643. The highest BCUT2D eigenvalue weighted by molar-refractivity contribution is 5.94. The summed E-state index contributed by atoms with van der Waals surface area (Å²) in [5.41, 5.74) is 1.59. The smallest absolute Gasteiger partial charge is 0.228 e. The van der Waals surface area contributed by atoms with Crippen LogP contribution in [0.15, 0.2) is 18.5 Å². The monoisotopic (exact) mass is 287 g/mol. The molecule has 1 atom stereocenters. The van der Waals surface area contributed by atoms with Crippen molar-refractivity contribution in [3.05, 3.63) is 18.5 Å². The van der Waals surface area contributed by atoms with Gasteiger partial charge in [0.1, 0.15) is 0 Å². The van der Waals surface area contributed by atoms with Crippen molar-refractivity contribution >= 4 is 22.6 Å². The highest BCUT2D eigenvalue weighted by Crippen LogP contribution is 2.20. The molecule has 0 aromatic carbocycles. The van der Waals surface area contributed by atoms with Crippen LogP contribution in [-0.4, -0.2) is 33.8 Å². The summed E-state index contributed by atoms with van der Waals surface area (Å²) in [6, 6.07) is 2.20. The lowest BCUT2D eigenvalue weighted by Crippen LogP contribution is -2.37. The van der Waals surface area contributed by atoms with Crippen LogP contribution in [0.25, 0.3) is 11.0 Å². The summed E-state index contributed by atoms with van der Waals surface area (Å²) < 4.78 is 1.88. The maximum absolute atomic E-state index is 12.2. The van der Waals surface area contributed by atoms with Crippen molar-refractivity contribution in [1.29, 1.82) is 0 Å². The Kier molecular flexibility index (Phi) is 3.88. The summed E-state index contributed by atoms with van der Waals surface area (Å²) in [4.78, 5) is 16.6. The van der Waals surface area contributed by atoms with Crippen LogP contribution in [0.3, 0.4) is 0 Å². The minimum absolute atomic E-state index is 0.0489. The maximum atomic E-state index is 12.2. The summed E-state index contributed by atoms with van der Waals surface area (Å²) in [5, 5.41) is 11.5. The number of anilines is 1. The third-order valence-corrected chi connectivity index (χ3v) is 3.86. The molecule has 1 aliphatic rings. The molecule has 0 unspecified atom stereocenters. The summed E-state index contributed by atoms with van der Waals surface area (Å²) in [7, 11) is 0. The fraction of sp³-hybridized carbons (Fsp3) is 0.533. The van der Waals surface area contributed by atoms with E-state index >= 15 is 0 Å². The van der Waals surface area contributed by atoms with E-state index in [1.165, 1.54) is 0 Å². The first kappa shape index (κ1) is 14.0. The number of piperidine rings is 1. The molecular weight excluding hydrogens is 266 g/mol. The van der Waals surface area contributed by atoms with Gasteiger partial charge in [-0.05, 0) is 39.3 Å². The standard InChI is InChI=1S/C15H21N5O/c1-10(2)20-14-12(8-18-20)6-13(9-17-14)19-15(21)11-4-3-5-16-7-11/h6,8-11,16H,3-5,7H2,1-2H3,(H,19,21)/t11-/m0/s1. The van der Waals surface area contributed by atoms with Gasteiger partial charge in [-0.25, -0.2) is 9.67 Å². The van der Waals surface area contributed by atoms with Gasteiger partial charge in [-0.1, -0.05) is 0 Å². The van der Waals surface area contributed by atoms with Crippen LogP contribution >= 0.6 is 0 Å². The number of carbonyl (C=O) groups excluding carboxylic acids is 1. The molecular formula is C15H21N5O. The van der Waals surface area contributed by atoms with Gasteiger partial charge in [-0.2, -0.15) is 5.10 Å². The van der Waals surface area contributed by atoms with Gasteiger partial charge in [0.15, 0.2) is 5.65 Å². The number of fused-ring (bicyclic) bond motifs is 1. The van der Waals surface area contributed by atoms with Crippen LogP contribution in [0, 0.1) is 5.92 Å². The highest BCUT2D eigenvalue weighted by atomic mass is 16.1. The predicted octanol–water partition coefficient (Wildman–Crippen LogP) is 1.95. The van der Waals surface area contributed by atoms with Gasteiger partial charge in [-0.15, -0.1) is 0 Å². The zero-order valence-corrected chi connectivity index (χ0v) is 12.5. The first-order valence-electron chi connectivity index (χ1n) is 7.50. The molecule has 2 aromatic heterocycles. The molecule has 112 valence electrons. The van der Waals surface area contributed by atoms with Gasteiger partial charge in [0.2, 0.25) is 5.91 Å². The summed E-state index contributed by atoms with van der Waals surface area (Å²) in [6.07, 6.45) is 5.49. The number of hydrogen-bond acceptors (Lipinski definition) is 4. The van der Waals surface area contributed by atoms with Gasteiger partial charge in [0.25, 0.3) is 0 Å². The first-order valence-corrected chi connectivity index (χ1v) is 7.50. The molecule has 1 aliphatic heterocycles. The number of hydrogen-bond donors (Lipinski definition) is 2. The van der Waals surface area contributed by atoms with Crippen molar-refractivity contribution in [2.75, 3.05) is 18.4 Å². The number of pyridine rings is 1. The van der Waals surface area contributed by atoms with E-state index in [1.807, 2.05) is 10.7 Å². The Balaban J connectivity index is 1.76. The second-order valence-corrected chi connectivity index (χ2v) is 5.85. The second-order valence-electron chi connectivity index (χ2n) is 5.85. The summed E-state index contributed by atoms with van der Waals surface area (Å²) >= 11 is 0. The molecule has 2 aromatic rings. The molecule has 0 spiro atoms. The van der Waals surface area contributed by atoms with Crippen molar-refractivity contribution in [1.82, 2.24) is 20.1 Å². The lowest BCUT2D eigenvalue weighted by molar-refractivity contribution is -0.120. The molecule has 6 nitrogen and oxygen atoms in total. The molecule has 0 saturated carbocycles. The predicted molar refractivity (Wildman–Crippen MR) is 82.1 cm³/mol. The number of carbonyl (C=O) groups is 1. The fourth-order valence-corrected chi connectivity index (χ4v) is 2.71. The van der Waals surface area contributed by atoms with Gasteiger partial charge in [-0.3, -0.25) is 4.79 Å². The number of nitrogens with zero attached hydrogens (tertiary/aromatic N) is 3. The van der Waals surface area contributed by atoms with Crippen LogP contribution in [0.1, 0.15) is 32.7 Å². The lowest BCUT2D eigenvalue weighted by atomic mass is 9.99. The molecule has 1 saturated heterocycles. The largest absolute Gasteiger partial charge is 0.324 e. The average Bonchev–Trinajstić information content (AvgIpc) is 2.91. The quantitative estimate of drug-likeness (QED) is 0.905. The van der Waals surface area contributed by atoms with Crippen LogP contribution in [0.5, 0.6) is 0 Å². The Morgan fingerprint density at radius 3 is 3.05 bits per heavy atom. The Labute approximate surface area is 123 Å². The summed E-state index contributed by atoms with van der Waals surface area (Å²) in [5.74, 6) is 0.118. The molecule has 1 fully saturated rings. The second kappa shape index (κ2) is 5.81. The fourth-order valence-electron chi connectivity index (χ4n) is 2.71. The summed E-state index contributed by atoms with van der Waals surface area (Å²) in [6.45, 7) is 5.90. The van der Waals surface area contributed by atoms with Crippen molar-refractivity contribution in [2.45, 2.75) is 32.7 Å². The van der Waals surface area contributed by atoms with Crippen molar-refractivity contribution in [2.24, 2.45) is 5.92 Å². The normalized spacial score (nSPS) is 19.1. The van der Waals surface area contributed by atoms with Gasteiger partial charge in [0, 0.05) is 18.0 Å².